The molecule has 6 nitrogen and oxygen atoms in total. The molecule has 0 saturated carbocycles. The van der Waals surface area contributed by atoms with Crippen molar-refractivity contribution >= 4 is 17.6 Å². The highest BCUT2D eigenvalue weighted by Gasteiger charge is 2.11. The molecule has 0 spiro atoms. The van der Waals surface area contributed by atoms with Gasteiger partial charge in [-0.1, -0.05) is 16.8 Å². The van der Waals surface area contributed by atoms with E-state index in [1.807, 2.05) is 0 Å². The Balaban J connectivity index is 2.33. The van der Waals surface area contributed by atoms with Crippen LogP contribution < -0.4 is 0 Å². The van der Waals surface area contributed by atoms with Crippen molar-refractivity contribution in [1.29, 1.82) is 0 Å². The molecule has 2 aromatic rings. The summed E-state index contributed by atoms with van der Waals surface area (Å²) in [5.74, 6) is -0.687. The zero-order valence-electron chi connectivity index (χ0n) is 7.92. The van der Waals surface area contributed by atoms with Gasteiger partial charge in [-0.05, 0) is 0 Å². The average Bonchev–Trinajstić information content (AvgIpc) is 2.73. The van der Waals surface area contributed by atoms with Crippen LogP contribution in [0.15, 0.2) is 23.0 Å². The summed E-state index contributed by atoms with van der Waals surface area (Å²) < 4.78 is 4.64. The van der Waals surface area contributed by atoms with Crippen molar-refractivity contribution in [3.05, 3.63) is 29.2 Å². The Labute approximate surface area is 94.9 Å². The molecule has 82 valence electrons. The molecule has 0 aromatic carbocycles. The molecule has 2 heterocycles. The Morgan fingerprint density at radius 2 is 2.38 bits per heavy atom. The van der Waals surface area contributed by atoms with E-state index in [0.29, 0.717) is 17.1 Å². The lowest BCUT2D eigenvalue weighted by molar-refractivity contribution is -0.136. The molecule has 0 fully saturated rings. The molecule has 0 aliphatic carbocycles. The Kier molecular flexibility index (Phi) is 2.82. The number of halogens is 1. The Hall–Kier alpha value is -1.95. The highest BCUT2D eigenvalue weighted by atomic mass is 35.5. The lowest BCUT2D eigenvalue weighted by Crippen LogP contribution is -2.03. The van der Waals surface area contributed by atoms with E-state index in [2.05, 4.69) is 19.6 Å². The minimum atomic E-state index is -0.986. The van der Waals surface area contributed by atoms with Crippen LogP contribution in [0.5, 0.6) is 0 Å². The van der Waals surface area contributed by atoms with E-state index in [1.165, 1.54) is 12.5 Å². The first-order chi connectivity index (χ1) is 7.66. The zero-order valence-corrected chi connectivity index (χ0v) is 8.68. The van der Waals surface area contributed by atoms with E-state index in [1.54, 1.807) is 6.07 Å². The first kappa shape index (κ1) is 10.6. The molecule has 0 radical (unpaired) electrons. The second kappa shape index (κ2) is 4.28. The van der Waals surface area contributed by atoms with Crippen LogP contribution in [-0.2, 0) is 11.2 Å². The fraction of sp³-hybridized carbons (Fsp3) is 0.111. The van der Waals surface area contributed by atoms with Crippen molar-refractivity contribution in [2.75, 3.05) is 0 Å². The topological polar surface area (TPSA) is 89.1 Å². The van der Waals surface area contributed by atoms with E-state index in [4.69, 9.17) is 16.7 Å². The SMILES string of the molecule is O=C(O)Cc1cnc(-c2ccon2)nc1Cl. The Morgan fingerprint density at radius 3 is 2.94 bits per heavy atom. The molecule has 0 aliphatic heterocycles. The largest absolute Gasteiger partial charge is 0.481 e. The summed E-state index contributed by atoms with van der Waals surface area (Å²) in [7, 11) is 0. The average molecular weight is 240 g/mol. The van der Waals surface area contributed by atoms with Crippen LogP contribution in [0.3, 0.4) is 0 Å². The highest BCUT2D eigenvalue weighted by Crippen LogP contribution is 2.18. The number of nitrogens with zero attached hydrogens (tertiary/aromatic N) is 3. The predicted molar refractivity (Wildman–Crippen MR) is 53.9 cm³/mol. The van der Waals surface area contributed by atoms with Gasteiger partial charge in [-0.15, -0.1) is 0 Å². The molecular weight excluding hydrogens is 234 g/mol. The van der Waals surface area contributed by atoms with Crippen LogP contribution >= 0.6 is 11.6 Å². The molecule has 0 atom stereocenters. The molecule has 16 heavy (non-hydrogen) atoms. The molecule has 2 aromatic heterocycles. The maximum atomic E-state index is 10.5. The van der Waals surface area contributed by atoms with Gasteiger partial charge >= 0.3 is 5.97 Å². The van der Waals surface area contributed by atoms with E-state index in [-0.39, 0.29) is 11.6 Å². The van der Waals surface area contributed by atoms with Crippen molar-refractivity contribution in [1.82, 2.24) is 15.1 Å². The number of hydrogen-bond donors (Lipinski definition) is 1. The van der Waals surface area contributed by atoms with Crippen LogP contribution in [0.4, 0.5) is 0 Å². The number of hydrogen-bond acceptors (Lipinski definition) is 5. The van der Waals surface area contributed by atoms with Gasteiger partial charge in [-0.2, -0.15) is 0 Å². The van der Waals surface area contributed by atoms with Gasteiger partial charge in [0.25, 0.3) is 0 Å². The summed E-state index contributed by atoms with van der Waals surface area (Å²) in [5.41, 5.74) is 0.810. The number of aromatic nitrogens is 3. The molecule has 2 rings (SSSR count). The van der Waals surface area contributed by atoms with Gasteiger partial charge in [-0.3, -0.25) is 4.79 Å². The standard InChI is InChI=1S/C9H6ClN3O3/c10-8-5(3-7(14)15)4-11-9(12-8)6-1-2-16-13-6/h1-2,4H,3H2,(H,14,15). The number of rotatable bonds is 3. The van der Waals surface area contributed by atoms with E-state index in [0.717, 1.165) is 0 Å². The number of carboxylic acids is 1. The smallest absolute Gasteiger partial charge is 0.307 e. The number of carboxylic acid groups (broad SMARTS) is 1. The molecular formula is C9H6ClN3O3. The summed E-state index contributed by atoms with van der Waals surface area (Å²) in [5, 5.41) is 12.4. The second-order valence-corrected chi connectivity index (χ2v) is 3.32. The molecule has 0 unspecified atom stereocenters. The lowest BCUT2D eigenvalue weighted by atomic mass is 10.2. The lowest BCUT2D eigenvalue weighted by Gasteiger charge is -2.00. The monoisotopic (exact) mass is 239 g/mol. The maximum Gasteiger partial charge on any atom is 0.307 e. The van der Waals surface area contributed by atoms with E-state index < -0.39 is 5.97 Å². The summed E-state index contributed by atoms with van der Waals surface area (Å²) in [4.78, 5) is 18.4. The van der Waals surface area contributed by atoms with Gasteiger partial charge in [-0.25, -0.2) is 9.97 Å². The number of carbonyl (C=O) groups is 1. The Bertz CT molecular complexity index is 513. The zero-order chi connectivity index (χ0) is 11.5. The predicted octanol–water partition coefficient (Wildman–Crippen LogP) is 1.41. The van der Waals surface area contributed by atoms with E-state index in [9.17, 15) is 4.79 Å². The maximum absolute atomic E-state index is 10.5. The van der Waals surface area contributed by atoms with Crippen LogP contribution in [0.1, 0.15) is 5.56 Å². The minimum Gasteiger partial charge on any atom is -0.481 e. The van der Waals surface area contributed by atoms with Crippen molar-refractivity contribution in [2.45, 2.75) is 6.42 Å². The summed E-state index contributed by atoms with van der Waals surface area (Å²) in [6.45, 7) is 0. The highest BCUT2D eigenvalue weighted by molar-refractivity contribution is 6.30. The molecule has 0 amide bonds. The third kappa shape index (κ3) is 2.17. The van der Waals surface area contributed by atoms with Crippen LogP contribution in [0.2, 0.25) is 5.15 Å². The van der Waals surface area contributed by atoms with Gasteiger partial charge in [0.15, 0.2) is 11.5 Å². The third-order valence-corrected chi connectivity index (χ3v) is 2.15. The van der Waals surface area contributed by atoms with Crippen LogP contribution in [-0.4, -0.2) is 26.2 Å². The fourth-order valence-corrected chi connectivity index (χ4v) is 1.31. The fourth-order valence-electron chi connectivity index (χ4n) is 1.12. The van der Waals surface area contributed by atoms with Crippen molar-refractivity contribution in [3.63, 3.8) is 0 Å². The van der Waals surface area contributed by atoms with Crippen LogP contribution in [0, 0.1) is 0 Å². The van der Waals surface area contributed by atoms with Crippen molar-refractivity contribution < 1.29 is 14.4 Å². The first-order valence-electron chi connectivity index (χ1n) is 4.31. The normalized spacial score (nSPS) is 10.3. The van der Waals surface area contributed by atoms with Gasteiger partial charge < -0.3 is 9.63 Å². The molecule has 0 bridgehead atoms. The van der Waals surface area contributed by atoms with Crippen molar-refractivity contribution in [3.8, 4) is 11.5 Å². The van der Waals surface area contributed by atoms with Crippen molar-refractivity contribution in [2.24, 2.45) is 0 Å². The minimum absolute atomic E-state index is 0.107. The summed E-state index contributed by atoms with van der Waals surface area (Å²) in [6, 6.07) is 1.59. The van der Waals surface area contributed by atoms with Gasteiger partial charge in [0.05, 0.1) is 6.42 Å². The van der Waals surface area contributed by atoms with E-state index >= 15 is 0 Å². The molecule has 7 heteroatoms. The van der Waals surface area contributed by atoms with Crippen LogP contribution in [0.25, 0.3) is 11.5 Å². The Morgan fingerprint density at radius 1 is 1.56 bits per heavy atom. The quantitative estimate of drug-likeness (QED) is 0.815. The second-order valence-electron chi connectivity index (χ2n) is 2.96. The van der Waals surface area contributed by atoms with Gasteiger partial charge in [0, 0.05) is 17.8 Å². The van der Waals surface area contributed by atoms with Gasteiger partial charge in [0.1, 0.15) is 11.4 Å². The molecule has 1 N–H and O–H groups in total. The summed E-state index contributed by atoms with van der Waals surface area (Å²) in [6.07, 6.45) is 2.54. The first-order valence-corrected chi connectivity index (χ1v) is 4.68. The summed E-state index contributed by atoms with van der Waals surface area (Å²) >= 11 is 5.82. The molecule has 0 aliphatic rings. The molecule has 0 saturated heterocycles. The third-order valence-electron chi connectivity index (χ3n) is 1.82. The number of aliphatic carboxylic acids is 1. The van der Waals surface area contributed by atoms with Gasteiger partial charge in [0.2, 0.25) is 0 Å².